The summed E-state index contributed by atoms with van der Waals surface area (Å²) in [5, 5.41) is 7.71. The number of hydrogen-bond donors (Lipinski definition) is 2. The second-order valence-corrected chi connectivity index (χ2v) is 4.76. The Balaban J connectivity index is 1.77. The highest BCUT2D eigenvalue weighted by atomic mass is 32.1. The largest absolute Gasteiger partial charge is 0.360 e. The van der Waals surface area contributed by atoms with Crippen LogP contribution in [0.2, 0.25) is 0 Å². The van der Waals surface area contributed by atoms with Crippen molar-refractivity contribution in [2.45, 2.75) is 26.2 Å². The molecule has 1 unspecified atom stereocenters. The van der Waals surface area contributed by atoms with Crippen LogP contribution in [0.5, 0.6) is 0 Å². The molecule has 1 aromatic heterocycles. The molecule has 1 aliphatic rings. The summed E-state index contributed by atoms with van der Waals surface area (Å²) in [7, 11) is 0. The predicted octanol–water partition coefficient (Wildman–Crippen LogP) is 1.51. The van der Waals surface area contributed by atoms with Gasteiger partial charge in [0.15, 0.2) is 0 Å². The van der Waals surface area contributed by atoms with Gasteiger partial charge in [-0.15, -0.1) is 0 Å². The summed E-state index contributed by atoms with van der Waals surface area (Å²) < 4.78 is 4.30. The van der Waals surface area contributed by atoms with E-state index in [-0.39, 0.29) is 0 Å². The number of anilines is 1. The quantitative estimate of drug-likeness (QED) is 0.799. The van der Waals surface area contributed by atoms with E-state index in [0.29, 0.717) is 0 Å². The second-order valence-electron chi connectivity index (χ2n) is 4.01. The predicted molar refractivity (Wildman–Crippen MR) is 63.4 cm³/mol. The fourth-order valence-electron chi connectivity index (χ4n) is 1.77. The third-order valence-corrected chi connectivity index (χ3v) is 3.36. The van der Waals surface area contributed by atoms with Gasteiger partial charge in [0.1, 0.15) is 5.82 Å². The molecule has 1 aromatic rings. The number of nitrogens with zero attached hydrogens (tertiary/aromatic N) is 2. The van der Waals surface area contributed by atoms with Crippen LogP contribution in [-0.2, 0) is 6.42 Å². The molecule has 15 heavy (non-hydrogen) atoms. The molecule has 1 saturated heterocycles. The monoisotopic (exact) mass is 226 g/mol. The van der Waals surface area contributed by atoms with Crippen molar-refractivity contribution in [3.8, 4) is 0 Å². The van der Waals surface area contributed by atoms with Gasteiger partial charge in [-0.1, -0.05) is 6.92 Å². The first kappa shape index (κ1) is 10.8. The van der Waals surface area contributed by atoms with Crippen molar-refractivity contribution in [3.63, 3.8) is 0 Å². The average molecular weight is 226 g/mol. The summed E-state index contributed by atoms with van der Waals surface area (Å²) in [5.41, 5.74) is 0. The Hall–Kier alpha value is -0.680. The summed E-state index contributed by atoms with van der Waals surface area (Å²) in [5.74, 6) is 1.73. The molecular formula is C10H18N4S. The maximum absolute atomic E-state index is 4.44. The molecule has 0 aromatic carbocycles. The van der Waals surface area contributed by atoms with Crippen LogP contribution in [0.15, 0.2) is 0 Å². The smallest absolute Gasteiger partial charge is 0.202 e. The Kier molecular flexibility index (Phi) is 3.91. The summed E-state index contributed by atoms with van der Waals surface area (Å²) in [6.07, 6.45) is 3.37. The third-order valence-electron chi connectivity index (χ3n) is 2.65. The lowest BCUT2D eigenvalue weighted by molar-refractivity contribution is 0.615. The van der Waals surface area contributed by atoms with E-state index >= 15 is 0 Å². The van der Waals surface area contributed by atoms with Crippen LogP contribution in [0.4, 0.5) is 5.13 Å². The first-order chi connectivity index (χ1) is 7.38. The lowest BCUT2D eigenvalue weighted by Gasteiger charge is -2.07. The van der Waals surface area contributed by atoms with E-state index < -0.39 is 0 Å². The maximum Gasteiger partial charge on any atom is 0.202 e. The van der Waals surface area contributed by atoms with Crippen molar-refractivity contribution in [3.05, 3.63) is 5.82 Å². The Bertz CT molecular complexity index is 293. The topological polar surface area (TPSA) is 49.8 Å². The van der Waals surface area contributed by atoms with Crippen LogP contribution in [0.1, 0.15) is 25.6 Å². The van der Waals surface area contributed by atoms with E-state index in [1.807, 2.05) is 0 Å². The Morgan fingerprint density at radius 1 is 1.60 bits per heavy atom. The van der Waals surface area contributed by atoms with Gasteiger partial charge in [-0.2, -0.15) is 4.37 Å². The van der Waals surface area contributed by atoms with Gasteiger partial charge in [0, 0.05) is 24.5 Å². The molecule has 2 heterocycles. The first-order valence-electron chi connectivity index (χ1n) is 5.65. The third kappa shape index (κ3) is 3.14. The number of aromatic nitrogens is 2. The zero-order valence-electron chi connectivity index (χ0n) is 9.12. The van der Waals surface area contributed by atoms with Gasteiger partial charge in [0.25, 0.3) is 0 Å². The molecule has 0 spiro atoms. The molecule has 4 nitrogen and oxygen atoms in total. The molecule has 0 bridgehead atoms. The number of aryl methyl sites for hydroxylation is 1. The van der Waals surface area contributed by atoms with Crippen LogP contribution in [0.25, 0.3) is 0 Å². The second kappa shape index (κ2) is 5.42. The molecule has 2 rings (SSSR count). The first-order valence-corrected chi connectivity index (χ1v) is 6.43. The molecule has 0 amide bonds. The summed E-state index contributed by atoms with van der Waals surface area (Å²) in [6, 6.07) is 0. The van der Waals surface area contributed by atoms with E-state index in [4.69, 9.17) is 0 Å². The lowest BCUT2D eigenvalue weighted by Crippen LogP contribution is -2.17. The molecule has 0 radical (unpaired) electrons. The highest BCUT2D eigenvalue weighted by Crippen LogP contribution is 2.14. The van der Waals surface area contributed by atoms with Crippen molar-refractivity contribution in [1.29, 1.82) is 0 Å². The van der Waals surface area contributed by atoms with Crippen molar-refractivity contribution >= 4 is 16.7 Å². The molecule has 0 saturated carbocycles. The zero-order chi connectivity index (χ0) is 10.5. The van der Waals surface area contributed by atoms with Crippen molar-refractivity contribution < 1.29 is 0 Å². The highest BCUT2D eigenvalue weighted by Gasteiger charge is 2.14. The van der Waals surface area contributed by atoms with Crippen molar-refractivity contribution in [2.24, 2.45) is 5.92 Å². The fourth-order valence-corrected chi connectivity index (χ4v) is 2.39. The van der Waals surface area contributed by atoms with Crippen LogP contribution < -0.4 is 10.6 Å². The minimum absolute atomic E-state index is 0.753. The Morgan fingerprint density at radius 3 is 3.27 bits per heavy atom. The summed E-state index contributed by atoms with van der Waals surface area (Å²) in [4.78, 5) is 4.44. The Morgan fingerprint density at radius 2 is 2.53 bits per heavy atom. The minimum atomic E-state index is 0.753. The lowest BCUT2D eigenvalue weighted by atomic mass is 10.1. The van der Waals surface area contributed by atoms with Gasteiger partial charge in [0.2, 0.25) is 5.13 Å². The standard InChI is InChI=1S/C10H18N4S/c1-2-3-9-13-10(15-14-9)12-7-8-4-5-11-6-8/h8,11H,2-7H2,1H3,(H,12,13,14). The fraction of sp³-hybridized carbons (Fsp3) is 0.800. The van der Waals surface area contributed by atoms with Crippen LogP contribution in [-0.4, -0.2) is 29.0 Å². The Labute approximate surface area is 94.7 Å². The van der Waals surface area contributed by atoms with Gasteiger partial charge in [-0.3, -0.25) is 0 Å². The molecule has 2 N–H and O–H groups in total. The van der Waals surface area contributed by atoms with Crippen LogP contribution in [0, 0.1) is 5.92 Å². The SMILES string of the molecule is CCCc1nsc(NCC2CCNC2)n1. The van der Waals surface area contributed by atoms with E-state index in [0.717, 1.165) is 49.3 Å². The minimum Gasteiger partial charge on any atom is -0.360 e. The molecule has 1 fully saturated rings. The summed E-state index contributed by atoms with van der Waals surface area (Å²) in [6.45, 7) is 5.46. The van der Waals surface area contributed by atoms with Crippen molar-refractivity contribution in [2.75, 3.05) is 25.0 Å². The summed E-state index contributed by atoms with van der Waals surface area (Å²) >= 11 is 1.48. The average Bonchev–Trinajstić information content (AvgIpc) is 2.85. The van der Waals surface area contributed by atoms with E-state index in [1.165, 1.54) is 18.0 Å². The van der Waals surface area contributed by atoms with Gasteiger partial charge in [-0.25, -0.2) is 4.98 Å². The maximum atomic E-state index is 4.44. The normalized spacial score (nSPS) is 20.7. The van der Waals surface area contributed by atoms with Gasteiger partial charge < -0.3 is 10.6 Å². The van der Waals surface area contributed by atoms with Crippen LogP contribution in [0.3, 0.4) is 0 Å². The molecule has 1 aliphatic heterocycles. The van der Waals surface area contributed by atoms with E-state index in [1.54, 1.807) is 0 Å². The molecule has 0 aliphatic carbocycles. The van der Waals surface area contributed by atoms with E-state index in [2.05, 4.69) is 26.9 Å². The molecule has 5 heteroatoms. The number of hydrogen-bond acceptors (Lipinski definition) is 5. The van der Waals surface area contributed by atoms with Gasteiger partial charge >= 0.3 is 0 Å². The number of nitrogens with one attached hydrogen (secondary N) is 2. The van der Waals surface area contributed by atoms with Crippen LogP contribution >= 0.6 is 11.5 Å². The van der Waals surface area contributed by atoms with Crippen molar-refractivity contribution in [1.82, 2.24) is 14.7 Å². The number of rotatable bonds is 5. The molecule has 1 atom stereocenters. The van der Waals surface area contributed by atoms with Gasteiger partial charge in [-0.05, 0) is 31.8 Å². The van der Waals surface area contributed by atoms with Gasteiger partial charge in [0.05, 0.1) is 0 Å². The zero-order valence-corrected chi connectivity index (χ0v) is 9.94. The van der Waals surface area contributed by atoms with E-state index in [9.17, 15) is 0 Å². The highest BCUT2D eigenvalue weighted by molar-refractivity contribution is 7.09. The molecule has 84 valence electrons. The molecular weight excluding hydrogens is 208 g/mol.